The molecule has 0 rings (SSSR count). The van der Waals surface area contributed by atoms with Crippen LogP contribution in [-0.2, 0) is 4.79 Å². The molecule has 2 atom stereocenters. The number of rotatable bonds is 42. The highest BCUT2D eigenvalue weighted by Gasteiger charge is 2.17. The largest absolute Gasteiger partial charge is 0.394 e. The van der Waals surface area contributed by atoms with E-state index in [9.17, 15) is 15.0 Å². The van der Waals surface area contributed by atoms with Crippen LogP contribution in [0.3, 0.4) is 0 Å². The van der Waals surface area contributed by atoms with Gasteiger partial charge in [-0.2, -0.15) is 0 Å². The average molecular weight is 766 g/mol. The van der Waals surface area contributed by atoms with E-state index in [0.717, 1.165) is 57.8 Å². The van der Waals surface area contributed by atoms with Gasteiger partial charge in [0.2, 0.25) is 5.91 Å². The summed E-state index contributed by atoms with van der Waals surface area (Å²) in [5, 5.41) is 22.9. The fourth-order valence-corrected chi connectivity index (χ4v) is 6.85. The maximum atomic E-state index is 12.4. The lowest BCUT2D eigenvalue weighted by Crippen LogP contribution is -2.45. The molecule has 55 heavy (non-hydrogen) atoms. The van der Waals surface area contributed by atoms with Crippen molar-refractivity contribution in [3.8, 4) is 0 Å². The number of hydrogen-bond donors (Lipinski definition) is 3. The van der Waals surface area contributed by atoms with Crippen molar-refractivity contribution in [3.63, 3.8) is 0 Å². The number of amides is 1. The first-order valence-corrected chi connectivity index (χ1v) is 23.7. The molecule has 1 amide bonds. The van der Waals surface area contributed by atoms with E-state index < -0.39 is 12.1 Å². The van der Waals surface area contributed by atoms with Gasteiger partial charge in [-0.1, -0.05) is 228 Å². The summed E-state index contributed by atoms with van der Waals surface area (Å²) in [6.45, 7) is 4.17. The van der Waals surface area contributed by atoms with Gasteiger partial charge in [0, 0.05) is 6.42 Å². The zero-order valence-corrected chi connectivity index (χ0v) is 36.4. The number of carbonyl (C=O) groups is 1. The number of unbranched alkanes of at least 4 members (excludes halogenated alkanes) is 25. The smallest absolute Gasteiger partial charge is 0.220 e. The van der Waals surface area contributed by atoms with Crippen LogP contribution in [0.15, 0.2) is 72.9 Å². The second kappa shape index (κ2) is 46.2. The molecule has 0 bridgehead atoms. The van der Waals surface area contributed by atoms with Gasteiger partial charge in [-0.25, -0.2) is 0 Å². The predicted molar refractivity (Wildman–Crippen MR) is 244 cm³/mol. The molecule has 0 heterocycles. The molecular formula is C51H91NO3. The second-order valence-corrected chi connectivity index (χ2v) is 15.8. The van der Waals surface area contributed by atoms with Crippen molar-refractivity contribution >= 4 is 5.91 Å². The molecule has 0 aromatic carbocycles. The highest BCUT2D eigenvalue weighted by Crippen LogP contribution is 2.15. The number of hydrogen-bond acceptors (Lipinski definition) is 3. The van der Waals surface area contributed by atoms with Crippen molar-refractivity contribution in [1.29, 1.82) is 0 Å². The van der Waals surface area contributed by atoms with Crippen LogP contribution < -0.4 is 5.32 Å². The lowest BCUT2D eigenvalue weighted by molar-refractivity contribution is -0.123. The quantitative estimate of drug-likeness (QED) is 0.0428. The van der Waals surface area contributed by atoms with Crippen LogP contribution in [0.4, 0.5) is 0 Å². The first-order chi connectivity index (χ1) is 27.2. The maximum Gasteiger partial charge on any atom is 0.220 e. The molecule has 4 nitrogen and oxygen atoms in total. The minimum Gasteiger partial charge on any atom is -0.394 e. The Kier molecular flexibility index (Phi) is 44.4. The molecule has 0 saturated heterocycles. The van der Waals surface area contributed by atoms with Crippen LogP contribution in [0.1, 0.15) is 226 Å². The summed E-state index contributed by atoms with van der Waals surface area (Å²) >= 11 is 0. The Morgan fingerprint density at radius 1 is 0.455 bits per heavy atom. The Bertz CT molecular complexity index is 961. The highest BCUT2D eigenvalue weighted by molar-refractivity contribution is 5.76. The number of carbonyl (C=O) groups excluding carboxylic acids is 1. The van der Waals surface area contributed by atoms with E-state index >= 15 is 0 Å². The van der Waals surface area contributed by atoms with Gasteiger partial charge < -0.3 is 15.5 Å². The number of allylic oxidation sites excluding steroid dienone is 11. The van der Waals surface area contributed by atoms with E-state index in [4.69, 9.17) is 0 Å². The minimum atomic E-state index is -0.838. The summed E-state index contributed by atoms with van der Waals surface area (Å²) in [4.78, 5) is 12.4. The fourth-order valence-electron chi connectivity index (χ4n) is 6.85. The first-order valence-electron chi connectivity index (χ1n) is 23.7. The average Bonchev–Trinajstić information content (AvgIpc) is 3.19. The summed E-state index contributed by atoms with van der Waals surface area (Å²) < 4.78 is 0. The third-order valence-corrected chi connectivity index (χ3v) is 10.4. The van der Waals surface area contributed by atoms with Gasteiger partial charge in [-0.3, -0.25) is 4.79 Å². The van der Waals surface area contributed by atoms with Crippen LogP contribution >= 0.6 is 0 Å². The molecule has 0 saturated carbocycles. The van der Waals surface area contributed by atoms with Gasteiger partial charge in [0.05, 0.1) is 18.8 Å². The molecule has 0 spiro atoms. The normalized spacial score (nSPS) is 13.6. The van der Waals surface area contributed by atoms with Crippen LogP contribution in [0.2, 0.25) is 0 Å². The molecule has 0 aromatic rings. The van der Waals surface area contributed by atoms with E-state index in [1.54, 1.807) is 6.08 Å². The zero-order chi connectivity index (χ0) is 40.0. The topological polar surface area (TPSA) is 69.6 Å². The molecule has 0 aliphatic heterocycles. The predicted octanol–water partition coefficient (Wildman–Crippen LogP) is 15.1. The van der Waals surface area contributed by atoms with Crippen molar-refractivity contribution in [2.45, 2.75) is 238 Å². The summed E-state index contributed by atoms with van der Waals surface area (Å²) in [5.74, 6) is -0.0670. The van der Waals surface area contributed by atoms with E-state index in [2.05, 4.69) is 79.9 Å². The molecule has 3 N–H and O–H groups in total. The van der Waals surface area contributed by atoms with E-state index in [1.807, 2.05) is 6.08 Å². The molecule has 0 aliphatic carbocycles. The van der Waals surface area contributed by atoms with Crippen LogP contribution in [0, 0.1) is 0 Å². The Labute approximate surface area is 342 Å². The molecule has 0 fully saturated rings. The van der Waals surface area contributed by atoms with Gasteiger partial charge >= 0.3 is 0 Å². The standard InChI is InChI=1S/C51H91NO3/c1-3-5-7-9-11-13-15-16-17-18-19-20-21-22-23-24-25-26-27-28-29-30-31-32-33-34-35-36-37-39-41-43-45-47-51(55)52-49(48-53)50(54)46-44-42-40-38-14-12-10-8-6-4-2/h5,7,11,13,16-17,19-20,22-23,44,46,49-50,53-54H,3-4,6,8-10,12,14-15,18,21,24-43,45,47-48H2,1-2H3,(H,52,55)/b7-5-,13-11-,17-16-,20-19-,23-22-,46-44+. The number of nitrogens with one attached hydrogen (secondary N) is 1. The van der Waals surface area contributed by atoms with Crippen LogP contribution in [0.5, 0.6) is 0 Å². The summed E-state index contributed by atoms with van der Waals surface area (Å²) in [6.07, 6.45) is 66.1. The third-order valence-electron chi connectivity index (χ3n) is 10.4. The molecule has 0 aromatic heterocycles. The number of aliphatic hydroxyl groups excluding tert-OH is 2. The van der Waals surface area contributed by atoms with Gasteiger partial charge in [0.15, 0.2) is 0 Å². The Hall–Kier alpha value is -2.17. The van der Waals surface area contributed by atoms with Crippen molar-refractivity contribution in [1.82, 2.24) is 5.32 Å². The molecule has 2 unspecified atom stereocenters. The van der Waals surface area contributed by atoms with Crippen LogP contribution in [0.25, 0.3) is 0 Å². The Morgan fingerprint density at radius 3 is 1.20 bits per heavy atom. The Balaban J connectivity index is 3.47. The maximum absolute atomic E-state index is 12.4. The van der Waals surface area contributed by atoms with Crippen molar-refractivity contribution in [2.24, 2.45) is 0 Å². The molecular weight excluding hydrogens is 675 g/mol. The third kappa shape index (κ3) is 42.8. The molecule has 318 valence electrons. The Morgan fingerprint density at radius 2 is 0.800 bits per heavy atom. The molecule has 0 radical (unpaired) electrons. The van der Waals surface area contributed by atoms with Gasteiger partial charge in [-0.15, -0.1) is 0 Å². The fraction of sp³-hybridized carbons (Fsp3) is 0.745. The monoisotopic (exact) mass is 766 g/mol. The van der Waals surface area contributed by atoms with Gasteiger partial charge in [-0.05, 0) is 64.2 Å². The van der Waals surface area contributed by atoms with Crippen molar-refractivity contribution in [2.75, 3.05) is 6.61 Å². The van der Waals surface area contributed by atoms with Crippen LogP contribution in [-0.4, -0.2) is 34.9 Å². The molecule has 0 aliphatic rings. The summed E-state index contributed by atoms with van der Waals surface area (Å²) in [6, 6.07) is -0.621. The summed E-state index contributed by atoms with van der Waals surface area (Å²) in [5.41, 5.74) is 0. The van der Waals surface area contributed by atoms with Crippen molar-refractivity contribution < 1.29 is 15.0 Å². The summed E-state index contributed by atoms with van der Waals surface area (Å²) in [7, 11) is 0. The number of aliphatic hydroxyl groups is 2. The van der Waals surface area contributed by atoms with Gasteiger partial charge in [0.1, 0.15) is 0 Å². The highest BCUT2D eigenvalue weighted by atomic mass is 16.3. The lowest BCUT2D eigenvalue weighted by Gasteiger charge is -2.20. The van der Waals surface area contributed by atoms with E-state index in [0.29, 0.717) is 6.42 Å². The first kappa shape index (κ1) is 52.8. The lowest BCUT2D eigenvalue weighted by atomic mass is 10.0. The zero-order valence-electron chi connectivity index (χ0n) is 36.4. The molecule has 4 heteroatoms. The van der Waals surface area contributed by atoms with E-state index in [-0.39, 0.29) is 12.5 Å². The van der Waals surface area contributed by atoms with Crippen molar-refractivity contribution in [3.05, 3.63) is 72.9 Å². The second-order valence-electron chi connectivity index (χ2n) is 15.8. The van der Waals surface area contributed by atoms with E-state index in [1.165, 1.54) is 148 Å². The van der Waals surface area contributed by atoms with Gasteiger partial charge in [0.25, 0.3) is 0 Å². The minimum absolute atomic E-state index is 0.0670. The SMILES string of the molecule is CC/C=C\C/C=C\C/C=C\C/C=C\C/C=C\CCCCCCCCCCCCCCCCCCCC(=O)NC(CO)C(O)/C=C/CCCCCCCCCC.